The Labute approximate surface area is 79.1 Å². The van der Waals surface area contributed by atoms with E-state index in [0.717, 1.165) is 18.5 Å². The Morgan fingerprint density at radius 1 is 1.54 bits per heavy atom. The van der Waals surface area contributed by atoms with E-state index in [0.29, 0.717) is 0 Å². The van der Waals surface area contributed by atoms with E-state index >= 15 is 0 Å². The summed E-state index contributed by atoms with van der Waals surface area (Å²) in [6.07, 6.45) is 2.25. The third-order valence-corrected chi connectivity index (χ3v) is 2.93. The molecule has 0 aromatic heterocycles. The van der Waals surface area contributed by atoms with Crippen LogP contribution in [0.2, 0.25) is 0 Å². The van der Waals surface area contributed by atoms with Crippen molar-refractivity contribution in [3.8, 4) is 0 Å². The summed E-state index contributed by atoms with van der Waals surface area (Å²) in [5.74, 6) is 0. The third kappa shape index (κ3) is 1.37. The van der Waals surface area contributed by atoms with Crippen molar-refractivity contribution >= 4 is 11.4 Å². The zero-order valence-electron chi connectivity index (χ0n) is 8.22. The predicted octanol–water partition coefficient (Wildman–Crippen LogP) is 2.41. The van der Waals surface area contributed by atoms with Gasteiger partial charge in [0, 0.05) is 16.9 Å². The Kier molecular flexibility index (Phi) is 1.72. The molecule has 3 N–H and O–H groups in total. The van der Waals surface area contributed by atoms with Crippen LogP contribution in [-0.2, 0) is 6.42 Å². The van der Waals surface area contributed by atoms with Crippen molar-refractivity contribution < 1.29 is 0 Å². The van der Waals surface area contributed by atoms with Crippen molar-refractivity contribution in [1.29, 1.82) is 0 Å². The van der Waals surface area contributed by atoms with Crippen LogP contribution in [-0.4, -0.2) is 5.54 Å². The van der Waals surface area contributed by atoms with Crippen LogP contribution in [0.5, 0.6) is 0 Å². The van der Waals surface area contributed by atoms with Gasteiger partial charge in [-0.1, -0.05) is 13.0 Å². The minimum absolute atomic E-state index is 0.232. The third-order valence-electron chi connectivity index (χ3n) is 2.93. The molecule has 0 bridgehead atoms. The topological polar surface area (TPSA) is 38.0 Å². The summed E-state index contributed by atoms with van der Waals surface area (Å²) in [4.78, 5) is 0. The molecule has 2 rings (SSSR count). The average molecular weight is 176 g/mol. The Balaban J connectivity index is 2.35. The number of nitrogen functional groups attached to an aromatic ring is 1. The van der Waals surface area contributed by atoms with Gasteiger partial charge in [-0.2, -0.15) is 0 Å². The summed E-state index contributed by atoms with van der Waals surface area (Å²) in [5.41, 5.74) is 9.39. The van der Waals surface area contributed by atoms with Crippen LogP contribution in [0.1, 0.15) is 25.8 Å². The summed E-state index contributed by atoms with van der Waals surface area (Å²) >= 11 is 0. The molecule has 0 fully saturated rings. The van der Waals surface area contributed by atoms with Crippen molar-refractivity contribution in [2.75, 3.05) is 11.1 Å². The number of rotatable bonds is 1. The molecule has 13 heavy (non-hydrogen) atoms. The molecule has 1 atom stereocenters. The molecule has 0 saturated carbocycles. The zero-order valence-corrected chi connectivity index (χ0v) is 8.22. The number of fused-ring (bicyclic) bond motifs is 1. The van der Waals surface area contributed by atoms with Crippen LogP contribution in [0.25, 0.3) is 0 Å². The second-order valence-electron chi connectivity index (χ2n) is 4.13. The lowest BCUT2D eigenvalue weighted by atomic mass is 9.95. The molecule has 1 aliphatic rings. The minimum atomic E-state index is 0.232. The molecule has 1 heterocycles. The smallest absolute Gasteiger partial charge is 0.0398 e. The van der Waals surface area contributed by atoms with Gasteiger partial charge in [0.25, 0.3) is 0 Å². The van der Waals surface area contributed by atoms with Gasteiger partial charge in [0.15, 0.2) is 0 Å². The molecule has 2 heteroatoms. The summed E-state index contributed by atoms with van der Waals surface area (Å²) < 4.78 is 0. The van der Waals surface area contributed by atoms with Crippen LogP contribution in [0.4, 0.5) is 11.4 Å². The van der Waals surface area contributed by atoms with Crippen molar-refractivity contribution in [3.05, 3.63) is 23.8 Å². The predicted molar refractivity (Wildman–Crippen MR) is 56.9 cm³/mol. The highest BCUT2D eigenvalue weighted by Crippen LogP contribution is 2.35. The zero-order chi connectivity index (χ0) is 9.47. The van der Waals surface area contributed by atoms with Crippen LogP contribution in [0, 0.1) is 0 Å². The molecular weight excluding hydrogens is 160 g/mol. The number of anilines is 2. The monoisotopic (exact) mass is 176 g/mol. The first-order chi connectivity index (χ1) is 6.13. The van der Waals surface area contributed by atoms with Gasteiger partial charge in [0.05, 0.1) is 0 Å². The van der Waals surface area contributed by atoms with E-state index < -0.39 is 0 Å². The van der Waals surface area contributed by atoms with Crippen LogP contribution < -0.4 is 11.1 Å². The minimum Gasteiger partial charge on any atom is -0.399 e. The van der Waals surface area contributed by atoms with Crippen molar-refractivity contribution in [1.82, 2.24) is 0 Å². The van der Waals surface area contributed by atoms with E-state index in [9.17, 15) is 0 Å². The Bertz CT molecular complexity index is 333. The van der Waals surface area contributed by atoms with Gasteiger partial charge < -0.3 is 11.1 Å². The van der Waals surface area contributed by atoms with Gasteiger partial charge in [-0.05, 0) is 37.5 Å². The average Bonchev–Trinajstić information content (AvgIpc) is 2.42. The molecular formula is C11H16N2. The van der Waals surface area contributed by atoms with E-state index in [4.69, 9.17) is 5.73 Å². The number of hydrogen-bond acceptors (Lipinski definition) is 2. The molecule has 1 aliphatic heterocycles. The number of nitrogens with two attached hydrogens (primary N) is 1. The van der Waals surface area contributed by atoms with E-state index in [1.807, 2.05) is 12.1 Å². The summed E-state index contributed by atoms with van der Waals surface area (Å²) in [6.45, 7) is 4.46. The molecule has 0 amide bonds. The summed E-state index contributed by atoms with van der Waals surface area (Å²) in [5, 5.41) is 3.52. The first-order valence-electron chi connectivity index (χ1n) is 4.79. The highest BCUT2D eigenvalue weighted by Gasteiger charge is 2.29. The van der Waals surface area contributed by atoms with E-state index in [1.54, 1.807) is 0 Å². The Hall–Kier alpha value is -1.18. The molecule has 0 saturated heterocycles. The molecule has 70 valence electrons. The summed E-state index contributed by atoms with van der Waals surface area (Å²) in [7, 11) is 0. The lowest BCUT2D eigenvalue weighted by Crippen LogP contribution is -2.30. The van der Waals surface area contributed by atoms with E-state index in [1.165, 1.54) is 11.3 Å². The quantitative estimate of drug-likeness (QED) is 0.645. The SMILES string of the molecule is CCC1(C)Cc2ccc(N)cc2N1. The Morgan fingerprint density at radius 3 is 3.00 bits per heavy atom. The highest BCUT2D eigenvalue weighted by molar-refractivity contribution is 5.64. The molecule has 2 nitrogen and oxygen atoms in total. The fourth-order valence-corrected chi connectivity index (χ4v) is 1.87. The maximum atomic E-state index is 5.72. The highest BCUT2D eigenvalue weighted by atomic mass is 15.0. The van der Waals surface area contributed by atoms with Crippen molar-refractivity contribution in [3.63, 3.8) is 0 Å². The lowest BCUT2D eigenvalue weighted by molar-refractivity contribution is 0.515. The van der Waals surface area contributed by atoms with E-state index in [-0.39, 0.29) is 5.54 Å². The first kappa shape index (κ1) is 8.42. The fraction of sp³-hybridized carbons (Fsp3) is 0.455. The number of benzene rings is 1. The number of hydrogen-bond donors (Lipinski definition) is 2. The van der Waals surface area contributed by atoms with Gasteiger partial charge in [0.2, 0.25) is 0 Å². The Morgan fingerprint density at radius 2 is 2.31 bits per heavy atom. The molecule has 1 aromatic carbocycles. The number of nitrogens with one attached hydrogen (secondary N) is 1. The second-order valence-corrected chi connectivity index (χ2v) is 4.13. The standard InChI is InChI=1S/C11H16N2/c1-3-11(2)7-8-4-5-9(12)6-10(8)13-11/h4-6,13H,3,7,12H2,1-2H3. The van der Waals surface area contributed by atoms with Crippen LogP contribution in [0.3, 0.4) is 0 Å². The molecule has 0 spiro atoms. The van der Waals surface area contributed by atoms with Gasteiger partial charge in [-0.15, -0.1) is 0 Å². The first-order valence-corrected chi connectivity index (χ1v) is 4.79. The largest absolute Gasteiger partial charge is 0.399 e. The van der Waals surface area contributed by atoms with Crippen LogP contribution in [0.15, 0.2) is 18.2 Å². The van der Waals surface area contributed by atoms with Gasteiger partial charge in [-0.3, -0.25) is 0 Å². The van der Waals surface area contributed by atoms with Gasteiger partial charge >= 0.3 is 0 Å². The van der Waals surface area contributed by atoms with Crippen LogP contribution >= 0.6 is 0 Å². The molecule has 0 radical (unpaired) electrons. The normalized spacial score (nSPS) is 25.4. The van der Waals surface area contributed by atoms with E-state index in [2.05, 4.69) is 25.2 Å². The lowest BCUT2D eigenvalue weighted by Gasteiger charge is -2.22. The second kappa shape index (κ2) is 2.66. The molecule has 1 unspecified atom stereocenters. The van der Waals surface area contributed by atoms with Crippen molar-refractivity contribution in [2.24, 2.45) is 0 Å². The van der Waals surface area contributed by atoms with Crippen molar-refractivity contribution in [2.45, 2.75) is 32.2 Å². The molecule has 0 aliphatic carbocycles. The maximum Gasteiger partial charge on any atom is 0.0398 e. The maximum absolute atomic E-state index is 5.72. The van der Waals surface area contributed by atoms with Gasteiger partial charge in [0.1, 0.15) is 0 Å². The molecule has 1 aromatic rings. The summed E-state index contributed by atoms with van der Waals surface area (Å²) in [6, 6.07) is 6.12. The van der Waals surface area contributed by atoms with Gasteiger partial charge in [-0.25, -0.2) is 0 Å². The fourth-order valence-electron chi connectivity index (χ4n) is 1.87.